The monoisotopic (exact) mass is 356 g/mol. The van der Waals surface area contributed by atoms with Gasteiger partial charge in [0.2, 0.25) is 0 Å². The normalized spacial score (nSPS) is 14.7. The van der Waals surface area contributed by atoms with Crippen molar-refractivity contribution in [2.24, 2.45) is 5.92 Å². The van der Waals surface area contributed by atoms with Crippen molar-refractivity contribution in [1.82, 2.24) is 19.5 Å². The van der Waals surface area contributed by atoms with Crippen molar-refractivity contribution in [1.29, 1.82) is 0 Å². The number of likely N-dealkylation sites (tertiary alicyclic amines) is 1. The fourth-order valence-electron chi connectivity index (χ4n) is 3.41. The molecule has 0 atom stereocenters. The third kappa shape index (κ3) is 2.83. The lowest BCUT2D eigenvalue weighted by Gasteiger charge is -2.39. The van der Waals surface area contributed by atoms with E-state index < -0.39 is 11.6 Å². The molecule has 0 unspecified atom stereocenters. The summed E-state index contributed by atoms with van der Waals surface area (Å²) >= 11 is 0. The van der Waals surface area contributed by atoms with Crippen LogP contribution in [0, 0.1) is 31.4 Å². The van der Waals surface area contributed by atoms with Gasteiger partial charge in [0.05, 0.1) is 17.0 Å². The fraction of sp³-hybridized carbons (Fsp3) is 0.316. The number of hydrogen-bond acceptors (Lipinski definition) is 3. The van der Waals surface area contributed by atoms with Crippen LogP contribution < -0.4 is 0 Å². The van der Waals surface area contributed by atoms with Gasteiger partial charge in [0, 0.05) is 25.4 Å². The summed E-state index contributed by atoms with van der Waals surface area (Å²) in [5.41, 5.74) is 3.61. The quantitative estimate of drug-likeness (QED) is 0.725. The first-order valence-corrected chi connectivity index (χ1v) is 8.47. The second kappa shape index (κ2) is 6.16. The van der Waals surface area contributed by atoms with Crippen LogP contribution in [0.4, 0.5) is 8.78 Å². The molecule has 0 radical (unpaired) electrons. The Labute approximate surface area is 149 Å². The lowest BCUT2D eigenvalue weighted by molar-refractivity contribution is 0.0499. The summed E-state index contributed by atoms with van der Waals surface area (Å²) in [4.78, 5) is 18.8. The Bertz CT molecular complexity index is 1010. The molecule has 1 fully saturated rings. The van der Waals surface area contributed by atoms with E-state index in [1.807, 2.05) is 19.9 Å². The highest BCUT2D eigenvalue weighted by molar-refractivity contribution is 5.95. The highest BCUT2D eigenvalue weighted by atomic mass is 19.2. The molecule has 3 aromatic rings. The molecule has 1 aromatic carbocycles. The van der Waals surface area contributed by atoms with Crippen LogP contribution >= 0.6 is 0 Å². The van der Waals surface area contributed by atoms with Gasteiger partial charge in [-0.25, -0.2) is 18.3 Å². The smallest absolute Gasteiger partial charge is 0.257 e. The number of benzene rings is 1. The van der Waals surface area contributed by atoms with Crippen LogP contribution in [0.2, 0.25) is 0 Å². The van der Waals surface area contributed by atoms with Crippen LogP contribution in [0.1, 0.15) is 27.3 Å². The largest absolute Gasteiger partial charge is 0.338 e. The van der Waals surface area contributed by atoms with E-state index in [1.54, 1.807) is 21.7 Å². The molecule has 0 N–H and O–H groups in total. The van der Waals surface area contributed by atoms with Crippen LogP contribution in [0.3, 0.4) is 0 Å². The molecule has 1 saturated heterocycles. The first-order valence-electron chi connectivity index (χ1n) is 8.47. The highest BCUT2D eigenvalue weighted by Crippen LogP contribution is 2.24. The highest BCUT2D eigenvalue weighted by Gasteiger charge is 2.32. The Kier molecular flexibility index (Phi) is 3.94. The number of carbonyl (C=O) groups is 1. The predicted octanol–water partition coefficient (Wildman–Crippen LogP) is 2.94. The first-order chi connectivity index (χ1) is 12.4. The van der Waals surface area contributed by atoms with Crippen molar-refractivity contribution in [3.63, 3.8) is 0 Å². The Balaban J connectivity index is 1.44. The lowest BCUT2D eigenvalue weighted by Crippen LogP contribution is -2.51. The van der Waals surface area contributed by atoms with Gasteiger partial charge in [0.15, 0.2) is 17.3 Å². The zero-order chi connectivity index (χ0) is 18.4. The third-order valence-corrected chi connectivity index (χ3v) is 4.83. The average molecular weight is 356 g/mol. The Morgan fingerprint density at radius 1 is 1.19 bits per heavy atom. The number of carbonyl (C=O) groups excluding carboxylic acids is 1. The van der Waals surface area contributed by atoms with Gasteiger partial charge in [-0.3, -0.25) is 4.79 Å². The minimum atomic E-state index is -0.841. The van der Waals surface area contributed by atoms with Gasteiger partial charge in [-0.05, 0) is 43.9 Å². The van der Waals surface area contributed by atoms with Crippen LogP contribution in [-0.4, -0.2) is 38.5 Å². The molecule has 2 aromatic heterocycles. The summed E-state index contributed by atoms with van der Waals surface area (Å²) < 4.78 is 28.0. The standard InChI is InChI=1S/C19H18F2N4O/c1-11-5-18-22-8-15(12(2)25(18)23-11)19(26)24-9-14(10-24)6-13-3-4-16(20)17(21)7-13/h3-5,7-8,14H,6,9-10H2,1-2H3. The summed E-state index contributed by atoms with van der Waals surface area (Å²) in [7, 11) is 0. The molecule has 1 aliphatic rings. The summed E-state index contributed by atoms with van der Waals surface area (Å²) in [6.07, 6.45) is 2.21. The van der Waals surface area contributed by atoms with E-state index in [9.17, 15) is 13.6 Å². The molecule has 5 nitrogen and oxygen atoms in total. The first kappa shape index (κ1) is 16.6. The molecule has 3 heterocycles. The van der Waals surface area contributed by atoms with E-state index in [2.05, 4.69) is 10.1 Å². The van der Waals surface area contributed by atoms with Crippen LogP contribution in [0.25, 0.3) is 5.65 Å². The number of amides is 1. The van der Waals surface area contributed by atoms with Gasteiger partial charge in [0.1, 0.15) is 0 Å². The van der Waals surface area contributed by atoms with E-state index in [4.69, 9.17) is 0 Å². The third-order valence-electron chi connectivity index (χ3n) is 4.83. The predicted molar refractivity (Wildman–Crippen MR) is 91.9 cm³/mol. The molecule has 134 valence electrons. The molecule has 7 heteroatoms. The van der Waals surface area contributed by atoms with Crippen LogP contribution in [0.15, 0.2) is 30.5 Å². The zero-order valence-corrected chi connectivity index (χ0v) is 14.5. The number of nitrogens with zero attached hydrogens (tertiary/aromatic N) is 4. The Morgan fingerprint density at radius 3 is 2.69 bits per heavy atom. The van der Waals surface area contributed by atoms with Crippen LogP contribution in [0.5, 0.6) is 0 Å². The molecule has 0 spiro atoms. The van der Waals surface area contributed by atoms with Crippen molar-refractivity contribution < 1.29 is 13.6 Å². The maximum atomic E-state index is 13.3. The molecular weight excluding hydrogens is 338 g/mol. The molecule has 1 aliphatic heterocycles. The maximum Gasteiger partial charge on any atom is 0.257 e. The van der Waals surface area contributed by atoms with Crippen LogP contribution in [-0.2, 0) is 6.42 Å². The minimum Gasteiger partial charge on any atom is -0.338 e. The van der Waals surface area contributed by atoms with Crippen molar-refractivity contribution >= 4 is 11.6 Å². The molecule has 26 heavy (non-hydrogen) atoms. The summed E-state index contributed by atoms with van der Waals surface area (Å²) in [5.74, 6) is -1.51. The van der Waals surface area contributed by atoms with Crippen molar-refractivity contribution in [2.75, 3.05) is 13.1 Å². The fourth-order valence-corrected chi connectivity index (χ4v) is 3.41. The van der Waals surface area contributed by atoms with E-state index >= 15 is 0 Å². The molecule has 1 amide bonds. The number of aryl methyl sites for hydroxylation is 2. The summed E-state index contributed by atoms with van der Waals surface area (Å²) in [6.45, 7) is 4.92. The van der Waals surface area contributed by atoms with E-state index in [-0.39, 0.29) is 11.8 Å². The van der Waals surface area contributed by atoms with Crippen molar-refractivity contribution in [3.05, 3.63) is 64.6 Å². The summed E-state index contributed by atoms with van der Waals surface area (Å²) in [5, 5.41) is 4.36. The average Bonchev–Trinajstić information content (AvgIpc) is 2.95. The number of hydrogen-bond donors (Lipinski definition) is 0. The lowest BCUT2D eigenvalue weighted by atomic mass is 9.91. The Hall–Kier alpha value is -2.83. The summed E-state index contributed by atoms with van der Waals surface area (Å²) in [6, 6.07) is 5.82. The molecule has 0 saturated carbocycles. The number of halogens is 2. The van der Waals surface area contributed by atoms with E-state index in [0.29, 0.717) is 25.1 Å². The van der Waals surface area contributed by atoms with Crippen molar-refractivity contribution in [2.45, 2.75) is 20.3 Å². The number of rotatable bonds is 3. The second-order valence-corrected chi connectivity index (χ2v) is 6.84. The maximum absolute atomic E-state index is 13.3. The molecule has 0 aliphatic carbocycles. The van der Waals surface area contributed by atoms with Gasteiger partial charge in [-0.1, -0.05) is 6.07 Å². The van der Waals surface area contributed by atoms with E-state index in [1.165, 1.54) is 6.07 Å². The molecular formula is C19H18F2N4O. The van der Waals surface area contributed by atoms with Gasteiger partial charge in [-0.15, -0.1) is 0 Å². The topological polar surface area (TPSA) is 50.5 Å². The SMILES string of the molecule is Cc1cc2ncc(C(=O)N3CC(Cc4ccc(F)c(F)c4)C3)c(C)n2n1. The molecule has 4 rings (SSSR count). The minimum absolute atomic E-state index is 0.0772. The van der Waals surface area contributed by atoms with Gasteiger partial charge in [0.25, 0.3) is 5.91 Å². The van der Waals surface area contributed by atoms with Gasteiger partial charge in [-0.2, -0.15) is 5.10 Å². The van der Waals surface area contributed by atoms with Crippen molar-refractivity contribution in [3.8, 4) is 0 Å². The second-order valence-electron chi connectivity index (χ2n) is 6.84. The number of aromatic nitrogens is 3. The molecule has 0 bridgehead atoms. The zero-order valence-electron chi connectivity index (χ0n) is 14.5. The number of fused-ring (bicyclic) bond motifs is 1. The van der Waals surface area contributed by atoms with E-state index in [0.717, 1.165) is 28.7 Å². The van der Waals surface area contributed by atoms with Gasteiger partial charge >= 0.3 is 0 Å². The Morgan fingerprint density at radius 2 is 1.96 bits per heavy atom. The van der Waals surface area contributed by atoms with Gasteiger partial charge < -0.3 is 4.90 Å².